The molecule has 0 saturated carbocycles. The minimum atomic E-state index is -3.86. The fourth-order valence-corrected chi connectivity index (χ4v) is 14.4. The van der Waals surface area contributed by atoms with E-state index in [-0.39, 0.29) is 17.0 Å². The Morgan fingerprint density at radius 3 is 2.29 bits per heavy atom. The van der Waals surface area contributed by atoms with Crippen LogP contribution in [0.25, 0.3) is 0 Å². The molecule has 4 rings (SSSR count). The number of hydrogen-bond donors (Lipinski definition) is 1. The Morgan fingerprint density at radius 2 is 1.69 bits per heavy atom. The zero-order valence-electron chi connectivity index (χ0n) is 28.7. The minimum absolute atomic E-state index is 0.224. The van der Waals surface area contributed by atoms with Gasteiger partial charge in [0, 0.05) is 39.5 Å². The molecule has 0 radical (unpaired) electrons. The molecule has 2 heterocycles. The number of hydrogen-bond acceptors (Lipinski definition) is 8. The SMILES string of the molecule is COCCCN1CCOc2ccc(C(O[C@@H]3CC[C@@H](CO[Si](C(C)C)(C(C)C)C(C)C)NC3)S(=O)(=O)c3ccc(C)cc3)cc21. The summed E-state index contributed by atoms with van der Waals surface area (Å²) in [4.78, 5) is 2.51. The standard InChI is InChI=1S/C35H56N2O6SSi/c1-25(2)45(26(3)4,27(5)6)42-24-30-13-14-31(23-36-30)43-35(44(38,39)32-15-10-28(7)11-16-32)29-12-17-34-33(22-29)37(19-21-41-34)18-9-20-40-8/h10-12,15-17,22,25-27,30-31,35-36H,9,13-14,18-21,23-24H2,1-8H3/t30-,31+,35?/m0/s1. The Bertz CT molecular complexity index is 1300. The summed E-state index contributed by atoms with van der Waals surface area (Å²) >= 11 is 0. The molecule has 0 aromatic heterocycles. The van der Waals surface area contributed by atoms with Gasteiger partial charge in [0.25, 0.3) is 0 Å². The summed E-state index contributed by atoms with van der Waals surface area (Å²) in [6.45, 7) is 19.9. The van der Waals surface area contributed by atoms with Crippen molar-refractivity contribution in [2.75, 3.05) is 51.5 Å². The minimum Gasteiger partial charge on any atom is -0.490 e. The molecule has 1 fully saturated rings. The predicted octanol–water partition coefficient (Wildman–Crippen LogP) is 7.03. The van der Waals surface area contributed by atoms with E-state index >= 15 is 0 Å². The van der Waals surface area contributed by atoms with Crippen molar-refractivity contribution in [3.63, 3.8) is 0 Å². The van der Waals surface area contributed by atoms with Crippen molar-refractivity contribution in [3.05, 3.63) is 53.6 Å². The molecule has 2 aromatic carbocycles. The van der Waals surface area contributed by atoms with Gasteiger partial charge in [-0.2, -0.15) is 0 Å². The van der Waals surface area contributed by atoms with E-state index in [4.69, 9.17) is 18.6 Å². The van der Waals surface area contributed by atoms with Gasteiger partial charge in [0.05, 0.1) is 23.2 Å². The zero-order chi connectivity index (χ0) is 32.8. The van der Waals surface area contributed by atoms with Crippen molar-refractivity contribution in [2.24, 2.45) is 0 Å². The van der Waals surface area contributed by atoms with E-state index in [1.54, 1.807) is 19.2 Å². The van der Waals surface area contributed by atoms with Crippen LogP contribution in [0.4, 0.5) is 5.69 Å². The van der Waals surface area contributed by atoms with Gasteiger partial charge in [-0.25, -0.2) is 8.42 Å². The molecular formula is C35H56N2O6SSi. The molecule has 10 heteroatoms. The van der Waals surface area contributed by atoms with E-state index < -0.39 is 23.6 Å². The van der Waals surface area contributed by atoms with Crippen molar-refractivity contribution < 1.29 is 27.1 Å². The third-order valence-corrected chi connectivity index (χ3v) is 17.6. The first kappa shape index (κ1) is 35.9. The Balaban J connectivity index is 1.54. The highest BCUT2D eigenvalue weighted by atomic mass is 32.2. The van der Waals surface area contributed by atoms with Crippen molar-refractivity contribution in [2.45, 2.75) is 107 Å². The first-order chi connectivity index (χ1) is 21.4. The summed E-state index contributed by atoms with van der Waals surface area (Å²) in [7, 11) is -4.12. The Hall–Kier alpha value is -1.95. The van der Waals surface area contributed by atoms with Crippen LogP contribution in [0.5, 0.6) is 5.75 Å². The molecule has 0 bridgehead atoms. The first-order valence-electron chi connectivity index (χ1n) is 16.7. The number of piperidine rings is 1. The second kappa shape index (κ2) is 15.8. The molecule has 1 saturated heterocycles. The molecule has 252 valence electrons. The average Bonchev–Trinajstić information content (AvgIpc) is 3.00. The molecule has 2 aromatic rings. The number of nitrogens with zero attached hydrogens (tertiary/aromatic N) is 1. The van der Waals surface area contributed by atoms with E-state index in [1.807, 2.05) is 37.3 Å². The summed E-state index contributed by atoms with van der Waals surface area (Å²) < 4.78 is 53.1. The molecule has 0 amide bonds. The lowest BCUT2D eigenvalue weighted by molar-refractivity contribution is 0.00467. The highest BCUT2D eigenvalue weighted by Gasteiger charge is 2.45. The molecule has 8 nitrogen and oxygen atoms in total. The number of nitrogens with one attached hydrogen (secondary N) is 1. The smallest absolute Gasteiger partial charge is 0.209 e. The largest absolute Gasteiger partial charge is 0.490 e. The quantitative estimate of drug-likeness (QED) is 0.161. The Kier molecular flexibility index (Phi) is 12.6. The summed E-state index contributed by atoms with van der Waals surface area (Å²) in [6.07, 6.45) is 2.25. The van der Waals surface area contributed by atoms with Crippen molar-refractivity contribution in [1.29, 1.82) is 0 Å². The average molecular weight is 661 g/mol. The lowest BCUT2D eigenvalue weighted by Gasteiger charge is -2.43. The fraction of sp³-hybridized carbons (Fsp3) is 0.657. The van der Waals surface area contributed by atoms with E-state index in [2.05, 4.69) is 51.8 Å². The van der Waals surface area contributed by atoms with Crippen LogP contribution in [0, 0.1) is 6.92 Å². The first-order valence-corrected chi connectivity index (χ1v) is 20.4. The van der Waals surface area contributed by atoms with Crippen LogP contribution in [0.2, 0.25) is 16.6 Å². The van der Waals surface area contributed by atoms with Crippen LogP contribution < -0.4 is 15.0 Å². The van der Waals surface area contributed by atoms with Crippen molar-refractivity contribution in [1.82, 2.24) is 5.32 Å². The molecule has 2 aliphatic heterocycles. The number of rotatable bonds is 15. The van der Waals surface area contributed by atoms with Crippen LogP contribution in [0.1, 0.15) is 77.4 Å². The third-order valence-electron chi connectivity index (χ3n) is 9.65. The van der Waals surface area contributed by atoms with Gasteiger partial charge in [-0.1, -0.05) is 65.3 Å². The molecule has 0 spiro atoms. The number of sulfone groups is 1. The van der Waals surface area contributed by atoms with Crippen molar-refractivity contribution >= 4 is 23.8 Å². The molecule has 45 heavy (non-hydrogen) atoms. The molecule has 3 atom stereocenters. The van der Waals surface area contributed by atoms with Gasteiger partial charge in [-0.05, 0) is 72.6 Å². The zero-order valence-corrected chi connectivity index (χ0v) is 30.5. The highest BCUT2D eigenvalue weighted by molar-refractivity contribution is 7.91. The number of benzene rings is 2. The van der Waals surface area contributed by atoms with E-state index in [0.717, 1.165) is 49.4 Å². The lowest BCUT2D eigenvalue weighted by atomic mass is 10.0. The molecular weight excluding hydrogens is 605 g/mol. The molecule has 1 unspecified atom stereocenters. The Morgan fingerprint density at radius 1 is 1.00 bits per heavy atom. The topological polar surface area (TPSA) is 86.3 Å². The maximum atomic E-state index is 14.2. The van der Waals surface area contributed by atoms with Crippen LogP contribution in [-0.2, 0) is 23.7 Å². The number of anilines is 1. The lowest BCUT2D eigenvalue weighted by Crippen LogP contribution is -2.52. The van der Waals surface area contributed by atoms with Crippen LogP contribution >= 0.6 is 0 Å². The van der Waals surface area contributed by atoms with Crippen molar-refractivity contribution in [3.8, 4) is 5.75 Å². The van der Waals surface area contributed by atoms with Gasteiger partial charge in [0.2, 0.25) is 9.84 Å². The molecule has 1 N–H and O–H groups in total. The van der Waals surface area contributed by atoms with Gasteiger partial charge >= 0.3 is 0 Å². The van der Waals surface area contributed by atoms with Crippen LogP contribution in [0.3, 0.4) is 0 Å². The number of ether oxygens (including phenoxy) is 3. The maximum absolute atomic E-state index is 14.2. The van der Waals surface area contributed by atoms with E-state index in [0.29, 0.717) is 48.6 Å². The second-order valence-electron chi connectivity index (χ2n) is 13.7. The summed E-state index contributed by atoms with van der Waals surface area (Å²) in [5.74, 6) is 0.764. The van der Waals surface area contributed by atoms with Gasteiger partial charge < -0.3 is 28.9 Å². The third kappa shape index (κ3) is 8.32. The normalized spacial score (nSPS) is 20.0. The summed E-state index contributed by atoms with van der Waals surface area (Å²) in [5, 5.41) is 3.64. The molecule has 0 aliphatic carbocycles. The van der Waals surface area contributed by atoms with Crippen LogP contribution in [0.15, 0.2) is 47.4 Å². The number of aryl methyl sites for hydroxylation is 1. The van der Waals surface area contributed by atoms with Gasteiger partial charge in [-0.3, -0.25) is 0 Å². The fourth-order valence-electron chi connectivity index (χ4n) is 7.32. The summed E-state index contributed by atoms with van der Waals surface area (Å²) in [5.41, 5.74) is 2.97. The van der Waals surface area contributed by atoms with Crippen LogP contribution in [-0.4, -0.2) is 75.4 Å². The van der Waals surface area contributed by atoms with Gasteiger partial charge in [-0.15, -0.1) is 0 Å². The predicted molar refractivity (Wildman–Crippen MR) is 185 cm³/mol. The number of methoxy groups -OCH3 is 1. The van der Waals surface area contributed by atoms with Gasteiger partial charge in [0.1, 0.15) is 12.4 Å². The summed E-state index contributed by atoms with van der Waals surface area (Å²) in [6, 6.07) is 12.9. The molecule has 2 aliphatic rings. The second-order valence-corrected chi connectivity index (χ2v) is 21.1. The Labute approximate surface area is 273 Å². The monoisotopic (exact) mass is 660 g/mol. The maximum Gasteiger partial charge on any atom is 0.209 e. The van der Waals surface area contributed by atoms with E-state index in [9.17, 15) is 8.42 Å². The van der Waals surface area contributed by atoms with Gasteiger partial charge in [0.15, 0.2) is 13.8 Å². The highest BCUT2D eigenvalue weighted by Crippen LogP contribution is 2.43. The van der Waals surface area contributed by atoms with E-state index in [1.165, 1.54) is 0 Å². The number of fused-ring (bicyclic) bond motifs is 1.